The molecule has 1 aliphatic heterocycles. The number of benzene rings is 1. The van der Waals surface area contributed by atoms with Gasteiger partial charge < -0.3 is 19.7 Å². The second kappa shape index (κ2) is 7.64. The van der Waals surface area contributed by atoms with Crippen LogP contribution in [-0.2, 0) is 20.9 Å². The maximum absolute atomic E-state index is 11.9. The van der Waals surface area contributed by atoms with Gasteiger partial charge in [-0.2, -0.15) is 0 Å². The quantitative estimate of drug-likeness (QED) is 0.832. The van der Waals surface area contributed by atoms with Gasteiger partial charge in [0.1, 0.15) is 13.3 Å². The van der Waals surface area contributed by atoms with Crippen molar-refractivity contribution in [2.45, 2.75) is 13.0 Å². The monoisotopic (exact) mass is 292 g/mol. The molecule has 114 valence electrons. The SMILES string of the molecule is COCNC(=O)C1CCN(C(=O)OCc2ccccc2)C1. The first-order valence-corrected chi connectivity index (χ1v) is 6.93. The van der Waals surface area contributed by atoms with Crippen LogP contribution in [0.1, 0.15) is 12.0 Å². The molecule has 1 aliphatic rings. The van der Waals surface area contributed by atoms with Crippen LogP contribution in [0.5, 0.6) is 0 Å². The summed E-state index contributed by atoms with van der Waals surface area (Å²) in [6, 6.07) is 9.51. The number of carbonyl (C=O) groups is 2. The molecule has 1 saturated heterocycles. The van der Waals surface area contributed by atoms with Crippen molar-refractivity contribution < 1.29 is 19.1 Å². The maximum Gasteiger partial charge on any atom is 0.410 e. The van der Waals surface area contributed by atoms with E-state index in [0.717, 1.165) is 5.56 Å². The summed E-state index contributed by atoms with van der Waals surface area (Å²) in [5.74, 6) is -0.278. The van der Waals surface area contributed by atoms with Gasteiger partial charge in [0.2, 0.25) is 5.91 Å². The molecule has 0 saturated carbocycles. The highest BCUT2D eigenvalue weighted by Gasteiger charge is 2.31. The fraction of sp³-hybridized carbons (Fsp3) is 0.467. The summed E-state index contributed by atoms with van der Waals surface area (Å²) in [6.45, 7) is 1.37. The van der Waals surface area contributed by atoms with Crippen molar-refractivity contribution in [3.8, 4) is 0 Å². The number of methoxy groups -OCH3 is 1. The topological polar surface area (TPSA) is 67.9 Å². The van der Waals surface area contributed by atoms with E-state index < -0.39 is 0 Å². The first-order chi connectivity index (χ1) is 10.2. The van der Waals surface area contributed by atoms with Gasteiger partial charge >= 0.3 is 6.09 Å². The molecule has 1 atom stereocenters. The van der Waals surface area contributed by atoms with Crippen LogP contribution >= 0.6 is 0 Å². The van der Waals surface area contributed by atoms with E-state index in [-0.39, 0.29) is 31.3 Å². The van der Waals surface area contributed by atoms with Crippen LogP contribution in [0.2, 0.25) is 0 Å². The van der Waals surface area contributed by atoms with Crippen molar-refractivity contribution in [1.29, 1.82) is 0 Å². The van der Waals surface area contributed by atoms with E-state index in [1.54, 1.807) is 4.90 Å². The van der Waals surface area contributed by atoms with Crippen LogP contribution in [0.15, 0.2) is 30.3 Å². The van der Waals surface area contributed by atoms with E-state index in [4.69, 9.17) is 9.47 Å². The number of carbonyl (C=O) groups excluding carboxylic acids is 2. The summed E-state index contributed by atoms with van der Waals surface area (Å²) in [5, 5.41) is 2.65. The van der Waals surface area contributed by atoms with Gasteiger partial charge in [0.25, 0.3) is 0 Å². The van der Waals surface area contributed by atoms with Crippen LogP contribution in [0.3, 0.4) is 0 Å². The zero-order valence-electron chi connectivity index (χ0n) is 12.1. The number of ether oxygens (including phenoxy) is 2. The smallest absolute Gasteiger partial charge is 0.410 e. The third-order valence-electron chi connectivity index (χ3n) is 3.41. The summed E-state index contributed by atoms with van der Waals surface area (Å²) in [4.78, 5) is 25.3. The highest BCUT2D eigenvalue weighted by molar-refractivity contribution is 5.80. The standard InChI is InChI=1S/C15H20N2O4/c1-20-11-16-14(18)13-7-8-17(9-13)15(19)21-10-12-5-3-2-4-6-12/h2-6,13H,7-11H2,1H3,(H,16,18). The summed E-state index contributed by atoms with van der Waals surface area (Å²) in [7, 11) is 1.52. The summed E-state index contributed by atoms with van der Waals surface area (Å²) >= 11 is 0. The number of nitrogens with zero attached hydrogens (tertiary/aromatic N) is 1. The zero-order valence-corrected chi connectivity index (χ0v) is 12.1. The molecule has 0 aliphatic carbocycles. The van der Waals surface area contributed by atoms with Gasteiger partial charge in [-0.1, -0.05) is 30.3 Å². The molecular formula is C15H20N2O4. The first-order valence-electron chi connectivity index (χ1n) is 6.93. The fourth-order valence-corrected chi connectivity index (χ4v) is 2.24. The lowest BCUT2D eigenvalue weighted by molar-refractivity contribution is -0.126. The maximum atomic E-state index is 11.9. The number of rotatable bonds is 5. The molecule has 21 heavy (non-hydrogen) atoms. The molecule has 1 aromatic carbocycles. The predicted octanol–water partition coefficient (Wildman–Crippen LogP) is 1.37. The lowest BCUT2D eigenvalue weighted by Crippen LogP contribution is -2.35. The molecular weight excluding hydrogens is 272 g/mol. The normalized spacial score (nSPS) is 17.6. The number of hydrogen-bond donors (Lipinski definition) is 1. The highest BCUT2D eigenvalue weighted by Crippen LogP contribution is 2.17. The van der Waals surface area contributed by atoms with Gasteiger partial charge in [0.15, 0.2) is 0 Å². The average molecular weight is 292 g/mol. The van der Waals surface area contributed by atoms with E-state index in [2.05, 4.69) is 5.32 Å². The molecule has 1 N–H and O–H groups in total. The Hall–Kier alpha value is -2.08. The summed E-state index contributed by atoms with van der Waals surface area (Å²) < 4.78 is 10.0. The Morgan fingerprint density at radius 1 is 1.33 bits per heavy atom. The molecule has 2 amide bonds. The van der Waals surface area contributed by atoms with E-state index in [1.165, 1.54) is 7.11 Å². The van der Waals surface area contributed by atoms with Crippen molar-refractivity contribution in [2.24, 2.45) is 5.92 Å². The van der Waals surface area contributed by atoms with E-state index in [9.17, 15) is 9.59 Å². The van der Waals surface area contributed by atoms with Crippen molar-refractivity contribution >= 4 is 12.0 Å². The van der Waals surface area contributed by atoms with Crippen LogP contribution in [0.25, 0.3) is 0 Å². The van der Waals surface area contributed by atoms with Crippen molar-refractivity contribution in [3.05, 3.63) is 35.9 Å². The Bertz CT molecular complexity index is 478. The number of hydrogen-bond acceptors (Lipinski definition) is 4. The third-order valence-corrected chi connectivity index (χ3v) is 3.41. The van der Waals surface area contributed by atoms with Crippen molar-refractivity contribution in [1.82, 2.24) is 10.2 Å². The van der Waals surface area contributed by atoms with E-state index >= 15 is 0 Å². The van der Waals surface area contributed by atoms with Crippen LogP contribution < -0.4 is 5.32 Å². The average Bonchev–Trinajstić information content (AvgIpc) is 3.01. The number of amides is 2. The lowest BCUT2D eigenvalue weighted by Gasteiger charge is -2.16. The molecule has 0 aromatic heterocycles. The van der Waals surface area contributed by atoms with Gasteiger partial charge in [-0.3, -0.25) is 4.79 Å². The Labute approximate surface area is 124 Å². The minimum atomic E-state index is -0.374. The Morgan fingerprint density at radius 3 is 2.81 bits per heavy atom. The molecule has 6 nitrogen and oxygen atoms in total. The Kier molecular flexibility index (Phi) is 5.57. The molecule has 0 spiro atoms. The molecule has 2 rings (SSSR count). The summed E-state index contributed by atoms with van der Waals surface area (Å²) in [5.41, 5.74) is 0.944. The third kappa shape index (κ3) is 4.46. The molecule has 1 unspecified atom stereocenters. The second-order valence-corrected chi connectivity index (χ2v) is 4.95. The van der Waals surface area contributed by atoms with Gasteiger partial charge in [-0.05, 0) is 12.0 Å². The number of nitrogens with one attached hydrogen (secondary N) is 1. The second-order valence-electron chi connectivity index (χ2n) is 4.95. The molecule has 6 heteroatoms. The lowest BCUT2D eigenvalue weighted by atomic mass is 10.1. The fourth-order valence-electron chi connectivity index (χ4n) is 2.24. The minimum absolute atomic E-state index is 0.0878. The Morgan fingerprint density at radius 2 is 2.10 bits per heavy atom. The predicted molar refractivity (Wildman–Crippen MR) is 76.3 cm³/mol. The molecule has 1 aromatic rings. The van der Waals surface area contributed by atoms with Crippen molar-refractivity contribution in [2.75, 3.05) is 26.9 Å². The largest absolute Gasteiger partial charge is 0.445 e. The van der Waals surface area contributed by atoms with E-state index in [0.29, 0.717) is 19.5 Å². The van der Waals surface area contributed by atoms with Crippen molar-refractivity contribution in [3.63, 3.8) is 0 Å². The molecule has 0 bridgehead atoms. The Balaban J connectivity index is 1.75. The van der Waals surface area contributed by atoms with Gasteiger partial charge in [-0.15, -0.1) is 0 Å². The van der Waals surface area contributed by atoms with Gasteiger partial charge in [0, 0.05) is 20.2 Å². The van der Waals surface area contributed by atoms with Crippen LogP contribution in [0.4, 0.5) is 4.79 Å². The van der Waals surface area contributed by atoms with E-state index in [1.807, 2.05) is 30.3 Å². The minimum Gasteiger partial charge on any atom is -0.445 e. The molecule has 0 radical (unpaired) electrons. The highest BCUT2D eigenvalue weighted by atomic mass is 16.6. The number of likely N-dealkylation sites (tertiary alicyclic amines) is 1. The van der Waals surface area contributed by atoms with Gasteiger partial charge in [-0.25, -0.2) is 4.79 Å². The van der Waals surface area contributed by atoms with Crippen LogP contribution in [0, 0.1) is 5.92 Å². The zero-order chi connectivity index (χ0) is 15.1. The first kappa shape index (κ1) is 15.3. The molecule has 1 fully saturated rings. The van der Waals surface area contributed by atoms with Gasteiger partial charge in [0.05, 0.1) is 5.92 Å². The molecule has 1 heterocycles. The summed E-state index contributed by atoms with van der Waals surface area (Å²) in [6.07, 6.45) is 0.275. The van der Waals surface area contributed by atoms with Crippen LogP contribution in [-0.4, -0.2) is 43.8 Å².